The number of carboxylic acids is 1. The van der Waals surface area contributed by atoms with Crippen molar-refractivity contribution in [2.24, 2.45) is 0 Å². The van der Waals surface area contributed by atoms with Gasteiger partial charge in [0.2, 0.25) is 0 Å². The monoisotopic (exact) mass is 223 g/mol. The van der Waals surface area contributed by atoms with E-state index in [-0.39, 0.29) is 19.8 Å². The Hall–Kier alpha value is -0.690. The van der Waals surface area contributed by atoms with Crippen molar-refractivity contribution in [2.45, 2.75) is 6.92 Å². The fourth-order valence-electron chi connectivity index (χ4n) is 1.06. The van der Waals surface area contributed by atoms with Gasteiger partial charge in [0.15, 0.2) is 0 Å². The highest BCUT2D eigenvalue weighted by atomic mass is 16.4. The standard InChI is InChI=1S/C7H18NO3.C2H4O2/c1-8(2-5-9,3-6-10)4-7-11;1-2(3)4/h9-11H,2-7H2,1H3;1H3,(H,3,4)/q+1;/p-1. The summed E-state index contributed by atoms with van der Waals surface area (Å²) in [5.41, 5.74) is 0. The van der Waals surface area contributed by atoms with Crippen molar-refractivity contribution in [1.82, 2.24) is 0 Å². The van der Waals surface area contributed by atoms with Crippen LogP contribution in [-0.4, -0.2) is 72.3 Å². The van der Waals surface area contributed by atoms with Gasteiger partial charge < -0.3 is 29.7 Å². The van der Waals surface area contributed by atoms with Crippen molar-refractivity contribution < 1.29 is 29.7 Å². The summed E-state index contributed by atoms with van der Waals surface area (Å²) in [4.78, 5) is 8.89. The number of quaternary nitrogens is 1. The highest BCUT2D eigenvalue weighted by molar-refractivity contribution is 5.60. The molecule has 0 aromatic heterocycles. The second-order valence-corrected chi connectivity index (χ2v) is 3.45. The third-order valence-corrected chi connectivity index (χ3v) is 1.92. The molecule has 0 aromatic rings. The quantitative estimate of drug-likeness (QED) is 0.421. The summed E-state index contributed by atoms with van der Waals surface area (Å²) in [6.45, 7) is 3.01. The zero-order valence-electron chi connectivity index (χ0n) is 9.35. The van der Waals surface area contributed by atoms with Crippen LogP contribution < -0.4 is 5.11 Å². The van der Waals surface area contributed by atoms with E-state index in [0.717, 1.165) is 6.92 Å². The zero-order chi connectivity index (χ0) is 12.3. The van der Waals surface area contributed by atoms with Crippen molar-refractivity contribution in [1.29, 1.82) is 0 Å². The molecule has 0 amide bonds. The lowest BCUT2D eigenvalue weighted by Gasteiger charge is -2.32. The Morgan fingerprint density at radius 3 is 1.40 bits per heavy atom. The minimum absolute atomic E-state index is 0.0938. The van der Waals surface area contributed by atoms with E-state index in [1.54, 1.807) is 0 Å². The predicted molar refractivity (Wildman–Crippen MR) is 52.7 cm³/mol. The van der Waals surface area contributed by atoms with Crippen LogP contribution in [0.5, 0.6) is 0 Å². The third-order valence-electron chi connectivity index (χ3n) is 1.92. The summed E-state index contributed by atoms with van der Waals surface area (Å²) in [7, 11) is 1.91. The predicted octanol–water partition coefficient (Wildman–Crippen LogP) is -2.83. The van der Waals surface area contributed by atoms with Crippen LogP contribution in [0.4, 0.5) is 0 Å². The lowest BCUT2D eigenvalue weighted by atomic mass is 10.4. The number of hydrogen-bond donors (Lipinski definition) is 3. The zero-order valence-corrected chi connectivity index (χ0v) is 9.35. The van der Waals surface area contributed by atoms with E-state index in [9.17, 15) is 0 Å². The van der Waals surface area contributed by atoms with Crippen molar-refractivity contribution in [2.75, 3.05) is 46.5 Å². The second kappa shape index (κ2) is 9.85. The van der Waals surface area contributed by atoms with E-state index < -0.39 is 5.97 Å². The van der Waals surface area contributed by atoms with Crippen LogP contribution in [-0.2, 0) is 4.79 Å². The summed E-state index contributed by atoms with van der Waals surface area (Å²) in [5, 5.41) is 34.9. The molecule has 0 rings (SSSR count). The second-order valence-electron chi connectivity index (χ2n) is 3.45. The van der Waals surface area contributed by atoms with Crippen LogP contribution in [0, 0.1) is 0 Å². The van der Waals surface area contributed by atoms with Crippen LogP contribution >= 0.6 is 0 Å². The van der Waals surface area contributed by atoms with Gasteiger partial charge in [-0.25, -0.2) is 0 Å². The lowest BCUT2D eigenvalue weighted by molar-refractivity contribution is -0.910. The number of carbonyl (C=O) groups excluding carboxylic acids is 1. The lowest BCUT2D eigenvalue weighted by Crippen LogP contribution is -2.49. The van der Waals surface area contributed by atoms with Crippen LogP contribution in [0.1, 0.15) is 6.92 Å². The van der Waals surface area contributed by atoms with E-state index in [2.05, 4.69) is 0 Å². The van der Waals surface area contributed by atoms with Crippen LogP contribution in [0.15, 0.2) is 0 Å². The van der Waals surface area contributed by atoms with Gasteiger partial charge in [-0.3, -0.25) is 0 Å². The summed E-state index contributed by atoms with van der Waals surface area (Å²) >= 11 is 0. The Labute approximate surface area is 90.0 Å². The van der Waals surface area contributed by atoms with Gasteiger partial charge in [0.25, 0.3) is 0 Å². The number of likely N-dealkylation sites (N-methyl/N-ethyl adjacent to an activating group) is 1. The molecule has 0 saturated carbocycles. The highest BCUT2D eigenvalue weighted by Gasteiger charge is 2.18. The molecule has 0 radical (unpaired) electrons. The minimum atomic E-state index is -1.08. The molecule has 15 heavy (non-hydrogen) atoms. The number of rotatable bonds is 6. The summed E-state index contributed by atoms with van der Waals surface area (Å²) in [6, 6.07) is 0. The molecule has 0 fully saturated rings. The Balaban J connectivity index is 0. The number of carbonyl (C=O) groups is 1. The number of carboxylic acid groups (broad SMARTS) is 1. The normalized spacial score (nSPS) is 10.5. The highest BCUT2D eigenvalue weighted by Crippen LogP contribution is 1.99. The molecule has 0 aliphatic carbocycles. The molecule has 0 saturated heterocycles. The van der Waals surface area contributed by atoms with Crippen molar-refractivity contribution in [3.63, 3.8) is 0 Å². The molecule has 0 atom stereocenters. The van der Waals surface area contributed by atoms with E-state index in [4.69, 9.17) is 25.2 Å². The Bertz CT molecular complexity index is 142. The molecule has 0 bridgehead atoms. The minimum Gasteiger partial charge on any atom is -0.550 e. The Morgan fingerprint density at radius 2 is 1.27 bits per heavy atom. The van der Waals surface area contributed by atoms with Crippen LogP contribution in [0.3, 0.4) is 0 Å². The SMILES string of the molecule is CC(=O)[O-].C[N+](CCO)(CCO)CCO. The van der Waals surface area contributed by atoms with E-state index >= 15 is 0 Å². The van der Waals surface area contributed by atoms with Crippen molar-refractivity contribution in [3.05, 3.63) is 0 Å². The first-order chi connectivity index (χ1) is 6.91. The molecular weight excluding hydrogens is 202 g/mol. The molecule has 6 heteroatoms. The van der Waals surface area contributed by atoms with E-state index in [1.165, 1.54) is 0 Å². The summed E-state index contributed by atoms with van der Waals surface area (Å²) in [6.07, 6.45) is 0. The first-order valence-corrected chi connectivity index (χ1v) is 4.75. The number of aliphatic carboxylic acids is 1. The molecule has 0 aromatic carbocycles. The van der Waals surface area contributed by atoms with Gasteiger partial charge >= 0.3 is 0 Å². The van der Waals surface area contributed by atoms with Gasteiger partial charge in [-0.05, 0) is 6.92 Å². The number of aliphatic hydroxyl groups is 3. The topological polar surface area (TPSA) is 101 Å². The van der Waals surface area contributed by atoms with Gasteiger partial charge in [0.05, 0.1) is 26.9 Å². The van der Waals surface area contributed by atoms with Gasteiger partial charge in [-0.1, -0.05) is 0 Å². The molecule has 92 valence electrons. The van der Waals surface area contributed by atoms with Gasteiger partial charge in [0, 0.05) is 5.97 Å². The molecule has 6 nitrogen and oxygen atoms in total. The van der Waals surface area contributed by atoms with Crippen LogP contribution in [0.25, 0.3) is 0 Å². The Kier molecular flexibility index (Phi) is 11.0. The number of nitrogens with zero attached hydrogens (tertiary/aromatic N) is 1. The number of hydrogen-bond acceptors (Lipinski definition) is 5. The fraction of sp³-hybridized carbons (Fsp3) is 0.889. The molecule has 0 heterocycles. The number of aliphatic hydroxyl groups excluding tert-OH is 3. The average molecular weight is 223 g/mol. The molecular formula is C9H21NO5. The molecule has 3 N–H and O–H groups in total. The maximum absolute atomic E-state index is 8.89. The summed E-state index contributed by atoms with van der Waals surface area (Å²) in [5.74, 6) is -1.08. The van der Waals surface area contributed by atoms with Gasteiger partial charge in [0.1, 0.15) is 19.6 Å². The smallest absolute Gasteiger partial charge is 0.102 e. The average Bonchev–Trinajstić information content (AvgIpc) is 2.03. The van der Waals surface area contributed by atoms with Crippen molar-refractivity contribution >= 4 is 5.97 Å². The maximum Gasteiger partial charge on any atom is 0.102 e. The van der Waals surface area contributed by atoms with Crippen LogP contribution in [0.2, 0.25) is 0 Å². The maximum atomic E-state index is 8.89. The Morgan fingerprint density at radius 1 is 1.07 bits per heavy atom. The molecule has 0 unspecified atom stereocenters. The third kappa shape index (κ3) is 13.3. The van der Waals surface area contributed by atoms with E-state index in [0.29, 0.717) is 24.1 Å². The fourth-order valence-corrected chi connectivity index (χ4v) is 1.06. The van der Waals surface area contributed by atoms with Gasteiger partial charge in [-0.2, -0.15) is 0 Å². The molecule has 0 aliphatic rings. The van der Waals surface area contributed by atoms with Gasteiger partial charge in [-0.15, -0.1) is 0 Å². The van der Waals surface area contributed by atoms with E-state index in [1.807, 2.05) is 7.05 Å². The molecule has 0 spiro atoms. The largest absolute Gasteiger partial charge is 0.550 e. The summed E-state index contributed by atoms with van der Waals surface area (Å²) < 4.78 is 0.531. The first kappa shape index (κ1) is 16.7. The molecule has 0 aliphatic heterocycles. The van der Waals surface area contributed by atoms with Crippen molar-refractivity contribution in [3.8, 4) is 0 Å². The first-order valence-electron chi connectivity index (χ1n) is 4.75.